The van der Waals surface area contributed by atoms with Gasteiger partial charge in [0.25, 0.3) is 0 Å². The smallest absolute Gasteiger partial charge is 0.352 e. The summed E-state index contributed by atoms with van der Waals surface area (Å²) in [6, 6.07) is 5.16. The van der Waals surface area contributed by atoms with Crippen LogP contribution < -0.4 is 10.6 Å². The van der Waals surface area contributed by atoms with Gasteiger partial charge in [-0.25, -0.2) is 4.98 Å². The SMILES string of the molecule is Cc1cnc(NC(C)C)nc1Nc1cccc(C(F)(F)F)c1. The number of aryl methyl sites for hydroxylation is 1. The van der Waals surface area contributed by atoms with Crippen molar-refractivity contribution in [2.24, 2.45) is 0 Å². The van der Waals surface area contributed by atoms with Gasteiger partial charge in [0.1, 0.15) is 5.82 Å². The van der Waals surface area contributed by atoms with Crippen LogP contribution in [0.2, 0.25) is 0 Å². The predicted octanol–water partition coefficient (Wildman–Crippen LogP) is 4.37. The molecule has 2 rings (SSSR count). The average molecular weight is 310 g/mol. The lowest BCUT2D eigenvalue weighted by atomic mass is 10.2. The van der Waals surface area contributed by atoms with E-state index in [1.165, 1.54) is 6.07 Å². The molecule has 0 aliphatic rings. The van der Waals surface area contributed by atoms with E-state index in [9.17, 15) is 13.2 Å². The van der Waals surface area contributed by atoms with Gasteiger partial charge < -0.3 is 10.6 Å². The molecule has 0 aliphatic heterocycles. The Morgan fingerprint density at radius 2 is 1.91 bits per heavy atom. The van der Waals surface area contributed by atoms with Crippen LogP contribution >= 0.6 is 0 Å². The van der Waals surface area contributed by atoms with Crippen LogP contribution in [0.3, 0.4) is 0 Å². The number of aromatic nitrogens is 2. The molecule has 22 heavy (non-hydrogen) atoms. The summed E-state index contributed by atoms with van der Waals surface area (Å²) in [5.41, 5.74) is 0.364. The molecule has 0 bridgehead atoms. The third-order valence-corrected chi connectivity index (χ3v) is 2.84. The molecular weight excluding hydrogens is 293 g/mol. The minimum absolute atomic E-state index is 0.157. The third kappa shape index (κ3) is 4.09. The van der Waals surface area contributed by atoms with Crippen molar-refractivity contribution in [2.75, 3.05) is 10.6 Å². The van der Waals surface area contributed by atoms with Crippen molar-refractivity contribution in [3.63, 3.8) is 0 Å². The van der Waals surface area contributed by atoms with Crippen molar-refractivity contribution in [3.8, 4) is 0 Å². The monoisotopic (exact) mass is 310 g/mol. The lowest BCUT2D eigenvalue weighted by Gasteiger charge is -2.13. The van der Waals surface area contributed by atoms with Gasteiger partial charge in [0.05, 0.1) is 5.56 Å². The first-order valence-electron chi connectivity index (χ1n) is 6.80. The molecule has 7 heteroatoms. The summed E-state index contributed by atoms with van der Waals surface area (Å²) < 4.78 is 38.2. The average Bonchev–Trinajstić information content (AvgIpc) is 2.41. The van der Waals surface area contributed by atoms with Crippen LogP contribution in [0.5, 0.6) is 0 Å². The molecule has 0 fully saturated rings. The molecule has 0 saturated heterocycles. The fraction of sp³-hybridized carbons (Fsp3) is 0.333. The molecule has 0 radical (unpaired) electrons. The zero-order chi connectivity index (χ0) is 16.3. The third-order valence-electron chi connectivity index (χ3n) is 2.84. The molecule has 2 aromatic rings. The van der Waals surface area contributed by atoms with Crippen LogP contribution in [0.25, 0.3) is 0 Å². The summed E-state index contributed by atoms with van der Waals surface area (Å²) in [7, 11) is 0. The molecule has 0 atom stereocenters. The number of rotatable bonds is 4. The van der Waals surface area contributed by atoms with Crippen LogP contribution in [0.1, 0.15) is 25.0 Å². The van der Waals surface area contributed by atoms with Crippen molar-refractivity contribution in [2.45, 2.75) is 33.0 Å². The Balaban J connectivity index is 2.27. The second-order valence-corrected chi connectivity index (χ2v) is 5.23. The Bertz CT molecular complexity index is 653. The van der Waals surface area contributed by atoms with Crippen molar-refractivity contribution in [1.82, 2.24) is 9.97 Å². The highest BCUT2D eigenvalue weighted by atomic mass is 19.4. The number of nitrogens with zero attached hydrogens (tertiary/aromatic N) is 2. The molecule has 1 aromatic heterocycles. The highest BCUT2D eigenvalue weighted by Gasteiger charge is 2.30. The Morgan fingerprint density at radius 3 is 2.55 bits per heavy atom. The van der Waals surface area contributed by atoms with Gasteiger partial charge in [-0.15, -0.1) is 0 Å². The second kappa shape index (κ2) is 6.21. The zero-order valence-electron chi connectivity index (χ0n) is 12.5. The molecule has 1 aromatic carbocycles. The first kappa shape index (κ1) is 16.1. The largest absolute Gasteiger partial charge is 0.416 e. The van der Waals surface area contributed by atoms with Crippen LogP contribution in [-0.4, -0.2) is 16.0 Å². The molecule has 0 spiro atoms. The highest BCUT2D eigenvalue weighted by Crippen LogP contribution is 2.31. The van der Waals surface area contributed by atoms with Crippen LogP contribution in [-0.2, 0) is 6.18 Å². The van der Waals surface area contributed by atoms with E-state index in [1.54, 1.807) is 19.2 Å². The van der Waals surface area contributed by atoms with E-state index in [1.807, 2.05) is 13.8 Å². The lowest BCUT2D eigenvalue weighted by Crippen LogP contribution is -2.13. The Morgan fingerprint density at radius 1 is 1.18 bits per heavy atom. The van der Waals surface area contributed by atoms with Gasteiger partial charge in [0.15, 0.2) is 0 Å². The number of halogens is 3. The van der Waals surface area contributed by atoms with Gasteiger partial charge in [0.2, 0.25) is 5.95 Å². The van der Waals surface area contributed by atoms with Gasteiger partial charge in [-0.05, 0) is 39.0 Å². The summed E-state index contributed by atoms with van der Waals surface area (Å²) in [5, 5.41) is 5.96. The maximum Gasteiger partial charge on any atom is 0.416 e. The standard InChI is InChI=1S/C15H17F3N4/c1-9(2)20-14-19-8-10(3)13(22-14)21-12-6-4-5-11(7-12)15(16,17)18/h4-9H,1-3H3,(H2,19,20,21,22). The van der Waals surface area contributed by atoms with Crippen LogP contribution in [0, 0.1) is 6.92 Å². The maximum absolute atomic E-state index is 12.7. The summed E-state index contributed by atoms with van der Waals surface area (Å²) in [5.74, 6) is 0.896. The number of benzene rings is 1. The Kier molecular flexibility index (Phi) is 4.54. The fourth-order valence-corrected chi connectivity index (χ4v) is 1.81. The molecule has 118 valence electrons. The first-order valence-corrected chi connectivity index (χ1v) is 6.80. The quantitative estimate of drug-likeness (QED) is 0.880. The molecule has 4 nitrogen and oxygen atoms in total. The first-order chi connectivity index (χ1) is 10.3. The number of alkyl halides is 3. The topological polar surface area (TPSA) is 49.8 Å². The number of hydrogen-bond donors (Lipinski definition) is 2. The van der Waals surface area contributed by atoms with Crippen molar-refractivity contribution in [3.05, 3.63) is 41.6 Å². The van der Waals surface area contributed by atoms with E-state index < -0.39 is 11.7 Å². The number of anilines is 3. The predicted molar refractivity (Wildman–Crippen MR) is 80.3 cm³/mol. The molecule has 0 saturated carbocycles. The summed E-state index contributed by atoms with van der Waals surface area (Å²) >= 11 is 0. The Labute approximate surface area is 126 Å². The zero-order valence-corrected chi connectivity index (χ0v) is 12.5. The second-order valence-electron chi connectivity index (χ2n) is 5.23. The summed E-state index contributed by atoms with van der Waals surface area (Å²) in [6.45, 7) is 5.68. The number of hydrogen-bond acceptors (Lipinski definition) is 4. The van der Waals surface area contributed by atoms with Crippen molar-refractivity contribution < 1.29 is 13.2 Å². The van der Waals surface area contributed by atoms with Crippen LogP contribution in [0.4, 0.5) is 30.6 Å². The van der Waals surface area contributed by atoms with Gasteiger partial charge in [-0.1, -0.05) is 6.07 Å². The molecule has 0 unspecified atom stereocenters. The molecule has 0 aliphatic carbocycles. The molecule has 0 amide bonds. The van der Waals surface area contributed by atoms with Crippen molar-refractivity contribution >= 4 is 17.5 Å². The fourth-order valence-electron chi connectivity index (χ4n) is 1.81. The highest BCUT2D eigenvalue weighted by molar-refractivity contribution is 5.60. The van der Waals surface area contributed by atoms with Gasteiger partial charge >= 0.3 is 6.18 Å². The van der Waals surface area contributed by atoms with E-state index in [-0.39, 0.29) is 6.04 Å². The Hall–Kier alpha value is -2.31. The summed E-state index contributed by atoms with van der Waals surface area (Å²) in [6.07, 6.45) is -2.75. The normalized spacial score (nSPS) is 11.6. The minimum Gasteiger partial charge on any atom is -0.352 e. The lowest BCUT2D eigenvalue weighted by molar-refractivity contribution is -0.137. The maximum atomic E-state index is 12.7. The van der Waals surface area contributed by atoms with E-state index in [2.05, 4.69) is 20.6 Å². The summed E-state index contributed by atoms with van der Waals surface area (Å²) in [4.78, 5) is 8.42. The van der Waals surface area contributed by atoms with E-state index in [0.717, 1.165) is 17.7 Å². The van der Waals surface area contributed by atoms with Gasteiger partial charge in [0, 0.05) is 23.5 Å². The van der Waals surface area contributed by atoms with E-state index in [4.69, 9.17) is 0 Å². The minimum atomic E-state index is -4.37. The van der Waals surface area contributed by atoms with E-state index in [0.29, 0.717) is 17.5 Å². The van der Waals surface area contributed by atoms with Crippen molar-refractivity contribution in [1.29, 1.82) is 0 Å². The van der Waals surface area contributed by atoms with Gasteiger partial charge in [-0.3, -0.25) is 0 Å². The van der Waals surface area contributed by atoms with Gasteiger partial charge in [-0.2, -0.15) is 18.2 Å². The van der Waals surface area contributed by atoms with Crippen LogP contribution in [0.15, 0.2) is 30.5 Å². The molecular formula is C15H17F3N4. The molecule has 2 N–H and O–H groups in total. The molecule has 1 heterocycles. The van der Waals surface area contributed by atoms with E-state index >= 15 is 0 Å². The number of nitrogens with one attached hydrogen (secondary N) is 2.